The highest BCUT2D eigenvalue weighted by Gasteiger charge is 2.29. The van der Waals surface area contributed by atoms with Gasteiger partial charge < -0.3 is 12.4 Å². The summed E-state index contributed by atoms with van der Waals surface area (Å²) in [5.41, 5.74) is 9.95. The van der Waals surface area contributed by atoms with Crippen molar-refractivity contribution in [1.29, 1.82) is 0 Å². The molecule has 1 aliphatic heterocycles. The molecule has 2 nitrogen and oxygen atoms in total. The van der Waals surface area contributed by atoms with Crippen LogP contribution in [0.5, 0.6) is 0 Å². The average molecular weight is 366 g/mol. The third-order valence-electron chi connectivity index (χ3n) is 4.78. The van der Waals surface area contributed by atoms with Crippen LogP contribution in [0.4, 0.5) is 11.4 Å². The molecule has 1 aliphatic rings. The van der Waals surface area contributed by atoms with E-state index in [2.05, 4.69) is 86.8 Å². The van der Waals surface area contributed by atoms with Crippen LogP contribution in [-0.4, -0.2) is 28.2 Å². The standard InChI is InChI=1S/C23H26N2.ClH/c1-7-20-11-16(3)22(17(4)12-20)24-9-10-25(15-24)23-18(5)13-21(8-2)14-19(23)6;/h7-9,11-15H,1-2,10H2,3-6H3;1H/q+2;/p-1. The Morgan fingerprint density at radius 2 is 1.19 bits per heavy atom. The Balaban J connectivity index is 0.00000243. The molecule has 0 aliphatic carbocycles. The number of benzene rings is 2. The summed E-state index contributed by atoms with van der Waals surface area (Å²) < 4.78 is 4.57. The van der Waals surface area contributed by atoms with Crippen molar-refractivity contribution in [2.45, 2.75) is 27.7 Å². The van der Waals surface area contributed by atoms with Crippen LogP contribution in [0, 0.1) is 27.7 Å². The molecule has 2 aromatic carbocycles. The van der Waals surface area contributed by atoms with Crippen LogP contribution in [-0.2, 0) is 0 Å². The van der Waals surface area contributed by atoms with Gasteiger partial charge in [-0.3, -0.25) is 0 Å². The summed E-state index contributed by atoms with van der Waals surface area (Å²) >= 11 is 0. The minimum atomic E-state index is 0. The number of hydrogen-bond donors (Lipinski definition) is 0. The van der Waals surface area contributed by atoms with E-state index in [1.165, 1.54) is 44.8 Å². The van der Waals surface area contributed by atoms with E-state index in [1.54, 1.807) is 0 Å². The fourth-order valence-corrected chi connectivity index (χ4v) is 3.79. The molecule has 0 unspecified atom stereocenters. The smallest absolute Gasteiger partial charge is 0.413 e. The van der Waals surface area contributed by atoms with Gasteiger partial charge in [0.2, 0.25) is 24.1 Å². The molecule has 0 saturated heterocycles. The van der Waals surface area contributed by atoms with Crippen molar-refractivity contribution in [3.63, 3.8) is 0 Å². The molecule has 0 spiro atoms. The van der Waals surface area contributed by atoms with Gasteiger partial charge in [0.05, 0.1) is 0 Å². The van der Waals surface area contributed by atoms with Crippen molar-refractivity contribution in [2.75, 3.05) is 6.54 Å². The number of aryl methyl sites for hydroxylation is 4. The molecule has 0 radical (unpaired) electrons. The Labute approximate surface area is 162 Å². The topological polar surface area (TPSA) is 6.02 Å². The van der Waals surface area contributed by atoms with E-state index in [1.807, 2.05) is 12.2 Å². The van der Waals surface area contributed by atoms with E-state index < -0.39 is 0 Å². The maximum Gasteiger partial charge on any atom is 0.413 e. The van der Waals surface area contributed by atoms with Crippen LogP contribution in [0.15, 0.2) is 37.4 Å². The van der Waals surface area contributed by atoms with E-state index in [0.717, 1.165) is 6.54 Å². The highest BCUT2D eigenvalue weighted by molar-refractivity contribution is 5.71. The van der Waals surface area contributed by atoms with Crippen LogP contribution >= 0.6 is 0 Å². The first-order valence-electron chi connectivity index (χ1n) is 8.65. The predicted molar refractivity (Wildman–Crippen MR) is 109 cm³/mol. The molecular weight excluding hydrogens is 340 g/mol. The maximum atomic E-state index is 3.88. The van der Waals surface area contributed by atoms with Crippen molar-refractivity contribution >= 4 is 36.1 Å². The Morgan fingerprint density at radius 1 is 0.769 bits per heavy atom. The Hall–Kier alpha value is -2.45. The number of halogens is 1. The largest absolute Gasteiger partial charge is 1.00 e. The molecule has 0 amide bonds. The summed E-state index contributed by atoms with van der Waals surface area (Å²) in [5.74, 6) is 0. The highest BCUT2D eigenvalue weighted by Crippen LogP contribution is 2.29. The van der Waals surface area contributed by atoms with E-state index in [4.69, 9.17) is 0 Å². The fraction of sp³-hybridized carbons (Fsp3) is 0.217. The molecule has 3 rings (SSSR count). The van der Waals surface area contributed by atoms with Gasteiger partial charge in [-0.25, -0.2) is 0 Å². The summed E-state index contributed by atoms with van der Waals surface area (Å²) in [7, 11) is 0. The molecule has 2 aromatic rings. The monoisotopic (exact) mass is 365 g/mol. The summed E-state index contributed by atoms with van der Waals surface area (Å²) in [6.07, 6.45) is 8.25. The van der Waals surface area contributed by atoms with Gasteiger partial charge in [-0.1, -0.05) is 25.3 Å². The Morgan fingerprint density at radius 3 is 1.62 bits per heavy atom. The van der Waals surface area contributed by atoms with E-state index >= 15 is 0 Å². The molecule has 0 saturated carbocycles. The summed E-state index contributed by atoms with van der Waals surface area (Å²) in [5, 5.41) is 0. The minimum Gasteiger partial charge on any atom is -1.00 e. The van der Waals surface area contributed by atoms with E-state index in [9.17, 15) is 0 Å². The lowest BCUT2D eigenvalue weighted by molar-refractivity contribution is -0.446. The second-order valence-corrected chi connectivity index (χ2v) is 6.77. The van der Waals surface area contributed by atoms with Crippen molar-refractivity contribution in [1.82, 2.24) is 0 Å². The quantitative estimate of drug-likeness (QED) is 0.733. The SMILES string of the molecule is C=Cc1cc(C)c([N+]2=CC[N+](c3c(C)cc(C=C)cc3C)=C2)c(C)c1.[Cl-]. The van der Waals surface area contributed by atoms with E-state index in [-0.39, 0.29) is 12.4 Å². The molecule has 0 bridgehead atoms. The first kappa shape index (κ1) is 19.9. The lowest BCUT2D eigenvalue weighted by atomic mass is 10.0. The second kappa shape index (κ2) is 7.84. The van der Waals surface area contributed by atoms with Crippen LogP contribution < -0.4 is 12.4 Å². The van der Waals surface area contributed by atoms with Gasteiger partial charge in [-0.15, -0.1) is 9.15 Å². The highest BCUT2D eigenvalue weighted by atomic mass is 35.5. The minimum absolute atomic E-state index is 0. The lowest BCUT2D eigenvalue weighted by Crippen LogP contribution is -3.00. The van der Waals surface area contributed by atoms with E-state index in [0.29, 0.717) is 0 Å². The Bertz CT molecular complexity index is 903. The normalized spacial score (nSPS) is 12.9. The molecule has 26 heavy (non-hydrogen) atoms. The average Bonchev–Trinajstić information content (AvgIpc) is 3.02. The van der Waals surface area contributed by atoms with Crippen molar-refractivity contribution in [3.8, 4) is 0 Å². The first-order chi connectivity index (χ1) is 11.9. The molecule has 3 heteroatoms. The van der Waals surface area contributed by atoms with Crippen molar-refractivity contribution in [2.24, 2.45) is 0 Å². The van der Waals surface area contributed by atoms with Crippen LogP contribution in [0.2, 0.25) is 0 Å². The Kier molecular flexibility index (Phi) is 5.99. The number of hydrogen-bond acceptors (Lipinski definition) is 0. The molecule has 0 aromatic heterocycles. The van der Waals surface area contributed by atoms with Gasteiger partial charge in [0.25, 0.3) is 0 Å². The number of rotatable bonds is 4. The van der Waals surface area contributed by atoms with Gasteiger partial charge in [-0.05, 0) is 63.1 Å². The molecule has 0 fully saturated rings. The molecule has 0 N–H and O–H groups in total. The van der Waals surface area contributed by atoms with Gasteiger partial charge in [0, 0.05) is 22.3 Å². The lowest BCUT2D eigenvalue weighted by Gasteiger charge is -2.06. The van der Waals surface area contributed by atoms with Gasteiger partial charge in [0.15, 0.2) is 0 Å². The van der Waals surface area contributed by atoms with Gasteiger partial charge in [0.1, 0.15) is 0 Å². The van der Waals surface area contributed by atoms with Crippen LogP contribution in [0.3, 0.4) is 0 Å². The third kappa shape index (κ3) is 3.56. The molecule has 134 valence electrons. The maximum absolute atomic E-state index is 3.88. The zero-order valence-electron chi connectivity index (χ0n) is 16.0. The molecular formula is C23H26ClN2+. The van der Waals surface area contributed by atoms with Gasteiger partial charge in [-0.2, -0.15) is 0 Å². The zero-order valence-corrected chi connectivity index (χ0v) is 16.8. The summed E-state index contributed by atoms with van der Waals surface area (Å²) in [4.78, 5) is 0. The molecule has 0 atom stereocenters. The molecule has 1 heterocycles. The first-order valence-corrected chi connectivity index (χ1v) is 8.65. The number of nitrogens with zero attached hydrogens (tertiary/aromatic N) is 2. The second-order valence-electron chi connectivity index (χ2n) is 6.77. The zero-order chi connectivity index (χ0) is 18.1. The predicted octanol–water partition coefficient (Wildman–Crippen LogP) is 2.31. The summed E-state index contributed by atoms with van der Waals surface area (Å²) in [6, 6.07) is 8.77. The van der Waals surface area contributed by atoms with Crippen molar-refractivity contribution < 1.29 is 21.6 Å². The summed E-state index contributed by atoms with van der Waals surface area (Å²) in [6.45, 7) is 17.3. The van der Waals surface area contributed by atoms with Crippen LogP contribution in [0.25, 0.3) is 12.2 Å². The third-order valence-corrected chi connectivity index (χ3v) is 4.78. The van der Waals surface area contributed by atoms with Crippen LogP contribution in [0.1, 0.15) is 33.4 Å². The van der Waals surface area contributed by atoms with Crippen molar-refractivity contribution in [3.05, 3.63) is 70.8 Å². The fourth-order valence-electron chi connectivity index (χ4n) is 3.79. The van der Waals surface area contributed by atoms with Gasteiger partial charge >= 0.3 is 6.34 Å².